The molecular weight excluding hydrogens is 300 g/mol. The fraction of sp³-hybridized carbons (Fsp3) is 0.250. The van der Waals surface area contributed by atoms with E-state index in [0.29, 0.717) is 5.56 Å². The molecule has 1 aliphatic rings. The summed E-state index contributed by atoms with van der Waals surface area (Å²) >= 11 is 3.30. The zero-order valence-electron chi connectivity index (χ0n) is 9.70. The number of hydrogen-bond donors (Lipinski definition) is 1. The van der Waals surface area contributed by atoms with Gasteiger partial charge in [0.15, 0.2) is 0 Å². The second-order valence-corrected chi connectivity index (χ2v) is 5.01. The van der Waals surface area contributed by atoms with Gasteiger partial charge in [-0.2, -0.15) is 0 Å². The van der Waals surface area contributed by atoms with Gasteiger partial charge in [0.25, 0.3) is 5.91 Å². The van der Waals surface area contributed by atoms with Gasteiger partial charge in [-0.05, 0) is 24.6 Å². The number of carbonyl (C=O) groups excluding carboxylic acids is 3. The largest absolute Gasteiger partial charge is 0.320 e. The van der Waals surface area contributed by atoms with Crippen molar-refractivity contribution in [2.24, 2.45) is 0 Å². The Bertz CT molecular complexity index is 526. The van der Waals surface area contributed by atoms with E-state index >= 15 is 0 Å². The average Bonchev–Trinajstić information content (AvgIpc) is 2.30. The van der Waals surface area contributed by atoms with Crippen LogP contribution in [0, 0.1) is 6.92 Å². The van der Waals surface area contributed by atoms with Crippen molar-refractivity contribution in [2.45, 2.75) is 6.92 Å². The number of amides is 3. The molecule has 3 amide bonds. The molecule has 0 bridgehead atoms. The van der Waals surface area contributed by atoms with E-state index in [9.17, 15) is 14.4 Å². The molecule has 0 unspecified atom stereocenters. The topological polar surface area (TPSA) is 66.5 Å². The molecule has 6 heteroatoms. The summed E-state index contributed by atoms with van der Waals surface area (Å²) in [7, 11) is 0. The summed E-state index contributed by atoms with van der Waals surface area (Å²) in [5.41, 5.74) is 1.30. The van der Waals surface area contributed by atoms with Crippen LogP contribution in [0.5, 0.6) is 0 Å². The number of nitrogens with one attached hydrogen (secondary N) is 1. The lowest BCUT2D eigenvalue weighted by Gasteiger charge is -2.26. The van der Waals surface area contributed by atoms with Crippen molar-refractivity contribution in [1.82, 2.24) is 10.2 Å². The van der Waals surface area contributed by atoms with Gasteiger partial charge in [0, 0.05) is 10.0 Å². The Morgan fingerprint density at radius 3 is 2.50 bits per heavy atom. The van der Waals surface area contributed by atoms with Gasteiger partial charge in [-0.15, -0.1) is 0 Å². The van der Waals surface area contributed by atoms with Crippen LogP contribution >= 0.6 is 15.9 Å². The van der Waals surface area contributed by atoms with E-state index in [2.05, 4.69) is 21.2 Å². The smallest absolute Gasteiger partial charge is 0.255 e. The first kappa shape index (κ1) is 12.8. The van der Waals surface area contributed by atoms with E-state index in [1.807, 2.05) is 19.1 Å². The van der Waals surface area contributed by atoms with Gasteiger partial charge in [0.05, 0.1) is 0 Å². The first-order chi connectivity index (χ1) is 8.47. The van der Waals surface area contributed by atoms with Gasteiger partial charge >= 0.3 is 0 Å². The second kappa shape index (κ2) is 4.89. The van der Waals surface area contributed by atoms with Gasteiger partial charge in [0.1, 0.15) is 13.1 Å². The third-order valence-electron chi connectivity index (χ3n) is 2.67. The standard InChI is InChI=1S/C12H11BrN2O3/c1-7-2-3-8(13)4-9(7)12(18)15-5-10(16)14-11(17)6-15/h2-4H,5-6H2,1H3,(H,14,16,17). The molecule has 1 aliphatic heterocycles. The second-order valence-electron chi connectivity index (χ2n) is 4.09. The van der Waals surface area contributed by atoms with Crippen LogP contribution in [0.4, 0.5) is 0 Å². The van der Waals surface area contributed by atoms with Crippen LogP contribution in [0.2, 0.25) is 0 Å². The Morgan fingerprint density at radius 1 is 1.28 bits per heavy atom. The molecule has 1 N–H and O–H groups in total. The maximum Gasteiger partial charge on any atom is 0.255 e. The molecule has 1 aromatic carbocycles. The summed E-state index contributed by atoms with van der Waals surface area (Å²) in [6.45, 7) is 1.64. The monoisotopic (exact) mass is 310 g/mol. The van der Waals surface area contributed by atoms with Crippen LogP contribution in [0.25, 0.3) is 0 Å². The molecule has 0 atom stereocenters. The number of hydrogen-bond acceptors (Lipinski definition) is 3. The van der Waals surface area contributed by atoms with Gasteiger partial charge < -0.3 is 4.90 Å². The number of aryl methyl sites for hydroxylation is 1. The number of rotatable bonds is 1. The minimum Gasteiger partial charge on any atom is -0.320 e. The number of benzene rings is 1. The Balaban J connectivity index is 2.28. The summed E-state index contributed by atoms with van der Waals surface area (Å²) in [4.78, 5) is 36.0. The van der Waals surface area contributed by atoms with Gasteiger partial charge in [-0.1, -0.05) is 22.0 Å². The number of carbonyl (C=O) groups is 3. The van der Waals surface area contributed by atoms with Gasteiger partial charge in [0.2, 0.25) is 11.8 Å². The summed E-state index contributed by atoms with van der Waals surface area (Å²) in [6.07, 6.45) is 0. The fourth-order valence-electron chi connectivity index (χ4n) is 1.78. The first-order valence-electron chi connectivity index (χ1n) is 5.35. The number of halogens is 1. The Morgan fingerprint density at radius 2 is 1.89 bits per heavy atom. The molecule has 1 saturated heterocycles. The predicted octanol–water partition coefficient (Wildman–Crippen LogP) is 0.856. The molecule has 0 aliphatic carbocycles. The highest BCUT2D eigenvalue weighted by Gasteiger charge is 2.27. The molecule has 1 heterocycles. The van der Waals surface area contributed by atoms with Crippen molar-refractivity contribution in [3.63, 3.8) is 0 Å². The predicted molar refractivity (Wildman–Crippen MR) is 67.9 cm³/mol. The molecule has 0 saturated carbocycles. The van der Waals surface area contributed by atoms with E-state index in [4.69, 9.17) is 0 Å². The number of nitrogens with zero attached hydrogens (tertiary/aromatic N) is 1. The molecule has 94 valence electrons. The Hall–Kier alpha value is -1.69. The van der Waals surface area contributed by atoms with Crippen LogP contribution in [0.1, 0.15) is 15.9 Å². The molecule has 18 heavy (non-hydrogen) atoms. The van der Waals surface area contributed by atoms with Crippen molar-refractivity contribution in [3.05, 3.63) is 33.8 Å². The quantitative estimate of drug-likeness (QED) is 0.782. The van der Waals surface area contributed by atoms with Crippen molar-refractivity contribution < 1.29 is 14.4 Å². The molecule has 0 radical (unpaired) electrons. The zero-order valence-corrected chi connectivity index (χ0v) is 11.3. The molecule has 1 aromatic rings. The van der Waals surface area contributed by atoms with Crippen LogP contribution in [0.3, 0.4) is 0 Å². The fourth-order valence-corrected chi connectivity index (χ4v) is 2.14. The van der Waals surface area contributed by atoms with Crippen LogP contribution < -0.4 is 5.32 Å². The Labute approximate surface area is 112 Å². The van der Waals surface area contributed by atoms with Gasteiger partial charge in [-0.3, -0.25) is 19.7 Å². The molecule has 1 fully saturated rings. The Kier molecular flexibility index (Phi) is 3.47. The summed E-state index contributed by atoms with van der Waals surface area (Å²) in [6, 6.07) is 5.33. The third kappa shape index (κ3) is 2.59. The van der Waals surface area contributed by atoms with Crippen molar-refractivity contribution in [1.29, 1.82) is 0 Å². The van der Waals surface area contributed by atoms with Gasteiger partial charge in [-0.25, -0.2) is 0 Å². The molecule has 5 nitrogen and oxygen atoms in total. The highest BCUT2D eigenvalue weighted by molar-refractivity contribution is 9.10. The first-order valence-corrected chi connectivity index (χ1v) is 6.15. The lowest BCUT2D eigenvalue weighted by molar-refractivity contribution is -0.135. The SMILES string of the molecule is Cc1ccc(Br)cc1C(=O)N1CC(=O)NC(=O)C1. The minimum atomic E-state index is -0.452. The minimum absolute atomic E-state index is 0.0868. The number of piperazine rings is 1. The maximum absolute atomic E-state index is 12.2. The average molecular weight is 311 g/mol. The zero-order chi connectivity index (χ0) is 13.3. The lowest BCUT2D eigenvalue weighted by Crippen LogP contribution is -2.53. The third-order valence-corrected chi connectivity index (χ3v) is 3.16. The molecular formula is C12H11BrN2O3. The van der Waals surface area contributed by atoms with E-state index in [1.165, 1.54) is 4.90 Å². The molecule has 0 spiro atoms. The maximum atomic E-state index is 12.2. The molecule has 2 rings (SSSR count). The van der Waals surface area contributed by atoms with E-state index < -0.39 is 11.8 Å². The van der Waals surface area contributed by atoms with E-state index in [-0.39, 0.29) is 19.0 Å². The molecule has 0 aromatic heterocycles. The van der Waals surface area contributed by atoms with E-state index in [1.54, 1.807) is 6.07 Å². The highest BCUT2D eigenvalue weighted by Crippen LogP contribution is 2.18. The summed E-state index contributed by atoms with van der Waals surface area (Å²) < 4.78 is 0.782. The summed E-state index contributed by atoms with van der Waals surface area (Å²) in [5, 5.41) is 2.16. The lowest BCUT2D eigenvalue weighted by atomic mass is 10.1. The van der Waals surface area contributed by atoms with Crippen molar-refractivity contribution in [3.8, 4) is 0 Å². The van der Waals surface area contributed by atoms with Crippen molar-refractivity contribution >= 4 is 33.7 Å². The van der Waals surface area contributed by atoms with Crippen LogP contribution in [0.15, 0.2) is 22.7 Å². The normalized spacial score (nSPS) is 15.6. The van der Waals surface area contributed by atoms with E-state index in [0.717, 1.165) is 10.0 Å². The van der Waals surface area contributed by atoms with Crippen molar-refractivity contribution in [2.75, 3.05) is 13.1 Å². The summed E-state index contributed by atoms with van der Waals surface area (Å²) in [5.74, 6) is -1.21. The van der Waals surface area contributed by atoms with Crippen LogP contribution in [-0.4, -0.2) is 35.7 Å². The van der Waals surface area contributed by atoms with Crippen LogP contribution in [-0.2, 0) is 9.59 Å². The number of imide groups is 1. The highest BCUT2D eigenvalue weighted by atomic mass is 79.9.